The Hall–Kier alpha value is -0.830. The largest absolute Gasteiger partial charge is 0.339 e. The fraction of sp³-hybridized carbons (Fsp3) is 0.769. The third-order valence-electron chi connectivity index (χ3n) is 3.86. The van der Waals surface area contributed by atoms with E-state index < -0.39 is 0 Å². The van der Waals surface area contributed by atoms with E-state index in [4.69, 9.17) is 5.73 Å². The van der Waals surface area contributed by atoms with E-state index in [1.54, 1.807) is 0 Å². The zero-order valence-corrected chi connectivity index (χ0v) is 10.2. The first-order valence-corrected chi connectivity index (χ1v) is 6.32. The van der Waals surface area contributed by atoms with Gasteiger partial charge in [0.15, 0.2) is 0 Å². The van der Waals surface area contributed by atoms with E-state index in [0.29, 0.717) is 6.04 Å². The molecule has 4 atom stereocenters. The highest BCUT2D eigenvalue weighted by Gasteiger charge is 2.32. The van der Waals surface area contributed by atoms with Gasteiger partial charge in [-0.15, -0.1) is 0 Å². The molecular formula is C13H22N2O. The minimum absolute atomic E-state index is 0.0332. The highest BCUT2D eigenvalue weighted by atomic mass is 16.2. The molecule has 2 aliphatic rings. The van der Waals surface area contributed by atoms with Crippen LogP contribution < -0.4 is 5.73 Å². The summed E-state index contributed by atoms with van der Waals surface area (Å²) in [5.41, 5.74) is 5.79. The van der Waals surface area contributed by atoms with Crippen molar-refractivity contribution in [2.75, 3.05) is 6.54 Å². The van der Waals surface area contributed by atoms with Crippen molar-refractivity contribution in [3.63, 3.8) is 0 Å². The highest BCUT2D eigenvalue weighted by Crippen LogP contribution is 2.26. The second-order valence-corrected chi connectivity index (χ2v) is 5.40. The van der Waals surface area contributed by atoms with Gasteiger partial charge in [-0.05, 0) is 32.1 Å². The molecule has 1 aliphatic heterocycles. The molecule has 1 saturated heterocycles. The molecule has 1 fully saturated rings. The Kier molecular flexibility index (Phi) is 3.33. The Balaban J connectivity index is 1.97. The zero-order chi connectivity index (χ0) is 11.7. The minimum atomic E-state index is 0.0332. The summed E-state index contributed by atoms with van der Waals surface area (Å²) >= 11 is 0. The topological polar surface area (TPSA) is 46.3 Å². The van der Waals surface area contributed by atoms with E-state index in [1.807, 2.05) is 17.1 Å². The van der Waals surface area contributed by atoms with Crippen LogP contribution in [0.2, 0.25) is 0 Å². The maximum atomic E-state index is 12.3. The van der Waals surface area contributed by atoms with Gasteiger partial charge < -0.3 is 10.6 Å². The molecule has 0 bridgehead atoms. The third-order valence-corrected chi connectivity index (χ3v) is 3.86. The average Bonchev–Trinajstić information content (AvgIpc) is 2.64. The summed E-state index contributed by atoms with van der Waals surface area (Å²) in [4.78, 5) is 14.3. The van der Waals surface area contributed by atoms with Crippen LogP contribution >= 0.6 is 0 Å². The Morgan fingerprint density at radius 1 is 1.31 bits per heavy atom. The molecule has 0 aromatic rings. The van der Waals surface area contributed by atoms with E-state index >= 15 is 0 Å². The number of hydrogen-bond acceptors (Lipinski definition) is 2. The summed E-state index contributed by atoms with van der Waals surface area (Å²) in [7, 11) is 0. The maximum absolute atomic E-state index is 12.3. The monoisotopic (exact) mass is 222 g/mol. The van der Waals surface area contributed by atoms with Gasteiger partial charge in [0.2, 0.25) is 5.91 Å². The smallest absolute Gasteiger partial charge is 0.229 e. The molecule has 0 aromatic carbocycles. The van der Waals surface area contributed by atoms with Crippen molar-refractivity contribution >= 4 is 5.91 Å². The van der Waals surface area contributed by atoms with Crippen LogP contribution in [0.15, 0.2) is 12.2 Å². The number of piperidine rings is 1. The van der Waals surface area contributed by atoms with Crippen molar-refractivity contribution < 1.29 is 4.79 Å². The molecule has 16 heavy (non-hydrogen) atoms. The fourth-order valence-corrected chi connectivity index (χ4v) is 2.86. The van der Waals surface area contributed by atoms with Gasteiger partial charge in [-0.3, -0.25) is 4.79 Å². The van der Waals surface area contributed by atoms with Crippen molar-refractivity contribution in [1.29, 1.82) is 0 Å². The van der Waals surface area contributed by atoms with Crippen LogP contribution in [0.1, 0.15) is 33.1 Å². The summed E-state index contributed by atoms with van der Waals surface area (Å²) < 4.78 is 0. The van der Waals surface area contributed by atoms with Gasteiger partial charge in [0.05, 0.1) is 5.92 Å². The lowest BCUT2D eigenvalue weighted by atomic mass is 9.92. The van der Waals surface area contributed by atoms with Crippen molar-refractivity contribution in [2.24, 2.45) is 17.6 Å². The lowest BCUT2D eigenvalue weighted by Gasteiger charge is -2.37. The Morgan fingerprint density at radius 2 is 2.06 bits per heavy atom. The van der Waals surface area contributed by atoms with Crippen molar-refractivity contribution in [1.82, 2.24) is 4.90 Å². The van der Waals surface area contributed by atoms with Gasteiger partial charge in [-0.1, -0.05) is 19.1 Å². The van der Waals surface area contributed by atoms with Crippen LogP contribution in [0, 0.1) is 11.8 Å². The summed E-state index contributed by atoms with van der Waals surface area (Å²) in [5, 5.41) is 0. The number of nitrogens with two attached hydrogens (primary N) is 1. The number of amides is 1. The van der Waals surface area contributed by atoms with E-state index in [-0.39, 0.29) is 17.9 Å². The van der Waals surface area contributed by atoms with E-state index in [0.717, 1.165) is 31.7 Å². The summed E-state index contributed by atoms with van der Waals surface area (Å²) in [6, 6.07) is 0.467. The van der Waals surface area contributed by atoms with Crippen LogP contribution in [-0.4, -0.2) is 29.4 Å². The SMILES string of the molecule is CC1CCN(C(=O)C2C=CC(N)C2)C(C)C1. The highest BCUT2D eigenvalue weighted by molar-refractivity contribution is 5.81. The Bertz CT molecular complexity index is 300. The van der Waals surface area contributed by atoms with E-state index in [2.05, 4.69) is 13.8 Å². The standard InChI is InChI=1S/C13H22N2O/c1-9-5-6-15(10(2)7-9)13(16)11-3-4-12(14)8-11/h3-4,9-12H,5-8,14H2,1-2H3. The summed E-state index contributed by atoms with van der Waals surface area (Å²) in [5.74, 6) is 1.06. The van der Waals surface area contributed by atoms with E-state index in [1.165, 1.54) is 0 Å². The third kappa shape index (κ3) is 2.29. The van der Waals surface area contributed by atoms with Crippen molar-refractivity contribution in [3.05, 3.63) is 12.2 Å². The molecule has 4 unspecified atom stereocenters. The van der Waals surface area contributed by atoms with Gasteiger partial charge in [0.25, 0.3) is 0 Å². The average molecular weight is 222 g/mol. The zero-order valence-electron chi connectivity index (χ0n) is 10.2. The van der Waals surface area contributed by atoms with Gasteiger partial charge in [0, 0.05) is 18.6 Å². The lowest BCUT2D eigenvalue weighted by Crippen LogP contribution is -2.46. The quantitative estimate of drug-likeness (QED) is 0.684. The lowest BCUT2D eigenvalue weighted by molar-refractivity contribution is -0.138. The van der Waals surface area contributed by atoms with Gasteiger partial charge in [-0.2, -0.15) is 0 Å². The maximum Gasteiger partial charge on any atom is 0.229 e. The molecule has 2 N–H and O–H groups in total. The number of carbonyl (C=O) groups is 1. The van der Waals surface area contributed by atoms with Crippen LogP contribution in [0.3, 0.4) is 0 Å². The molecule has 0 saturated carbocycles. The fourth-order valence-electron chi connectivity index (χ4n) is 2.86. The Morgan fingerprint density at radius 3 is 2.62 bits per heavy atom. The Labute approximate surface area is 97.7 Å². The molecule has 0 spiro atoms. The predicted molar refractivity (Wildman–Crippen MR) is 64.8 cm³/mol. The summed E-state index contributed by atoms with van der Waals surface area (Å²) in [6.07, 6.45) is 7.00. The number of hydrogen-bond donors (Lipinski definition) is 1. The van der Waals surface area contributed by atoms with Crippen molar-refractivity contribution in [3.8, 4) is 0 Å². The molecule has 1 aliphatic carbocycles. The molecule has 90 valence electrons. The second kappa shape index (κ2) is 4.58. The number of carbonyl (C=O) groups excluding carboxylic acids is 1. The van der Waals surface area contributed by atoms with Crippen molar-refractivity contribution in [2.45, 2.75) is 45.2 Å². The van der Waals surface area contributed by atoms with Gasteiger partial charge in [0.1, 0.15) is 0 Å². The molecule has 1 amide bonds. The molecule has 3 nitrogen and oxygen atoms in total. The molecule has 0 aromatic heterocycles. The number of rotatable bonds is 1. The first-order valence-electron chi connectivity index (χ1n) is 6.32. The first-order chi connectivity index (χ1) is 7.58. The number of nitrogens with zero attached hydrogens (tertiary/aromatic N) is 1. The second-order valence-electron chi connectivity index (χ2n) is 5.40. The van der Waals surface area contributed by atoms with Gasteiger partial charge >= 0.3 is 0 Å². The minimum Gasteiger partial charge on any atom is -0.339 e. The normalized spacial score (nSPS) is 39.1. The van der Waals surface area contributed by atoms with Crippen LogP contribution in [0.25, 0.3) is 0 Å². The first kappa shape index (κ1) is 11.6. The molecule has 3 heteroatoms. The molecule has 1 heterocycles. The predicted octanol–water partition coefficient (Wildman–Crippen LogP) is 1.54. The van der Waals surface area contributed by atoms with Crippen LogP contribution in [0.4, 0.5) is 0 Å². The molecule has 0 radical (unpaired) electrons. The van der Waals surface area contributed by atoms with Crippen LogP contribution in [0.5, 0.6) is 0 Å². The number of likely N-dealkylation sites (tertiary alicyclic amines) is 1. The van der Waals surface area contributed by atoms with Crippen LogP contribution in [-0.2, 0) is 4.79 Å². The molecule has 2 rings (SSSR count). The molecular weight excluding hydrogens is 200 g/mol. The van der Waals surface area contributed by atoms with E-state index in [9.17, 15) is 4.79 Å². The van der Waals surface area contributed by atoms with Gasteiger partial charge in [-0.25, -0.2) is 0 Å². The summed E-state index contributed by atoms with van der Waals surface area (Å²) in [6.45, 7) is 5.34.